The second-order valence-electron chi connectivity index (χ2n) is 14.2. The Morgan fingerprint density at radius 2 is 1.82 bits per heavy atom. The lowest BCUT2D eigenvalue weighted by Gasteiger charge is -2.43. The molecule has 2 rings (SSSR count). The van der Waals surface area contributed by atoms with Crippen molar-refractivity contribution in [3.63, 3.8) is 0 Å². The molecule has 1 aromatic heterocycles. The number of Topliss-reactive ketones (excluding diaryl/α,β-unsaturated/α-hetero) is 1. The maximum atomic E-state index is 13.9. The lowest BCUT2D eigenvalue weighted by Crippen LogP contribution is -2.50. The molecular formula is C33H55NO4SSi. The summed E-state index contributed by atoms with van der Waals surface area (Å²) >= 11 is 1.61. The summed E-state index contributed by atoms with van der Waals surface area (Å²) in [6.07, 6.45) is 8.04. The molecule has 0 fully saturated rings. The first kappa shape index (κ1) is 34.6. The number of ether oxygens (including phenoxy) is 1. The Morgan fingerprint density at radius 3 is 2.40 bits per heavy atom. The van der Waals surface area contributed by atoms with Crippen LogP contribution in [0.5, 0.6) is 0 Å². The Balaban J connectivity index is 2.36. The van der Waals surface area contributed by atoms with Crippen LogP contribution >= 0.6 is 11.3 Å². The Hall–Kier alpha value is -1.57. The first-order chi connectivity index (χ1) is 18.3. The number of rotatable bonds is 4. The standard InChI is InChI=1S/C33H55NO4SSi/c1-22-14-13-15-23(2)30(38-40(11,12)32(6,7)8)25(4)31(36)33(9,10)19-18-29(35)37-28(17-16-22)24(3)20-27-21-39-26(5)34-27/h16,20-21,23,25,28,30H,13-15,17-19H2,1-12H3/t23-,25+,28-,30-/m0/s1. The van der Waals surface area contributed by atoms with Gasteiger partial charge in [-0.3, -0.25) is 9.59 Å². The van der Waals surface area contributed by atoms with E-state index in [9.17, 15) is 9.59 Å². The summed E-state index contributed by atoms with van der Waals surface area (Å²) in [5.41, 5.74) is 2.52. The fourth-order valence-corrected chi connectivity index (χ4v) is 7.17. The van der Waals surface area contributed by atoms with Gasteiger partial charge in [0.05, 0.1) is 16.8 Å². The number of allylic oxidation sites excluding steroid dienone is 1. The van der Waals surface area contributed by atoms with Crippen molar-refractivity contribution in [3.05, 3.63) is 33.3 Å². The predicted octanol–water partition coefficient (Wildman–Crippen LogP) is 9.33. The molecule has 7 heteroatoms. The number of ketones is 1. The average Bonchev–Trinajstić information content (AvgIpc) is 3.25. The molecule has 226 valence electrons. The second kappa shape index (κ2) is 14.1. The topological polar surface area (TPSA) is 65.5 Å². The van der Waals surface area contributed by atoms with Crippen LogP contribution in [0.1, 0.15) is 112 Å². The van der Waals surface area contributed by atoms with Crippen molar-refractivity contribution in [1.29, 1.82) is 0 Å². The molecule has 2 heterocycles. The van der Waals surface area contributed by atoms with E-state index in [4.69, 9.17) is 9.16 Å². The van der Waals surface area contributed by atoms with Crippen molar-refractivity contribution in [2.24, 2.45) is 17.3 Å². The number of esters is 1. The van der Waals surface area contributed by atoms with Gasteiger partial charge in [0.15, 0.2) is 8.32 Å². The minimum absolute atomic E-state index is 0.0603. The zero-order chi connectivity index (χ0) is 30.5. The van der Waals surface area contributed by atoms with E-state index >= 15 is 0 Å². The van der Waals surface area contributed by atoms with E-state index in [1.807, 2.05) is 46.1 Å². The summed E-state index contributed by atoms with van der Waals surface area (Å²) in [5, 5.41) is 3.10. The molecule has 1 aliphatic heterocycles. The van der Waals surface area contributed by atoms with Crippen LogP contribution in [0.4, 0.5) is 0 Å². The molecule has 1 aromatic rings. The van der Waals surface area contributed by atoms with Crippen LogP contribution in [-0.2, 0) is 18.8 Å². The van der Waals surface area contributed by atoms with Gasteiger partial charge in [0.2, 0.25) is 0 Å². The van der Waals surface area contributed by atoms with Crippen molar-refractivity contribution in [1.82, 2.24) is 4.98 Å². The van der Waals surface area contributed by atoms with Gasteiger partial charge in [-0.15, -0.1) is 11.3 Å². The van der Waals surface area contributed by atoms with Crippen LogP contribution in [-0.4, -0.2) is 37.3 Å². The van der Waals surface area contributed by atoms with E-state index in [0.717, 1.165) is 35.5 Å². The number of nitrogens with zero attached hydrogens (tertiary/aromatic N) is 1. The highest BCUT2D eigenvalue weighted by Gasteiger charge is 2.44. The lowest BCUT2D eigenvalue weighted by atomic mass is 9.74. The van der Waals surface area contributed by atoms with Gasteiger partial charge in [-0.2, -0.15) is 0 Å². The van der Waals surface area contributed by atoms with Crippen molar-refractivity contribution in [2.75, 3.05) is 0 Å². The van der Waals surface area contributed by atoms with Crippen LogP contribution < -0.4 is 0 Å². The highest BCUT2D eigenvalue weighted by atomic mass is 32.1. The zero-order valence-corrected chi connectivity index (χ0v) is 29.1. The van der Waals surface area contributed by atoms with Crippen LogP contribution in [0.3, 0.4) is 0 Å². The van der Waals surface area contributed by atoms with Gasteiger partial charge >= 0.3 is 5.97 Å². The minimum Gasteiger partial charge on any atom is -0.457 e. The van der Waals surface area contributed by atoms with E-state index in [1.165, 1.54) is 5.57 Å². The molecule has 0 N–H and O–H groups in total. The van der Waals surface area contributed by atoms with E-state index in [1.54, 1.807) is 11.3 Å². The van der Waals surface area contributed by atoms with Gasteiger partial charge < -0.3 is 9.16 Å². The normalized spacial score (nSPS) is 26.8. The zero-order valence-electron chi connectivity index (χ0n) is 27.3. The second-order valence-corrected chi connectivity index (χ2v) is 20.0. The van der Waals surface area contributed by atoms with E-state index in [0.29, 0.717) is 12.8 Å². The molecule has 5 nitrogen and oxygen atoms in total. The molecular weight excluding hydrogens is 535 g/mol. The summed E-state index contributed by atoms with van der Waals surface area (Å²) in [4.78, 5) is 31.6. The van der Waals surface area contributed by atoms with Gasteiger partial charge in [-0.25, -0.2) is 4.98 Å². The molecule has 0 saturated carbocycles. The Morgan fingerprint density at radius 1 is 1.18 bits per heavy atom. The lowest BCUT2D eigenvalue weighted by molar-refractivity contribution is -0.148. The summed E-state index contributed by atoms with van der Waals surface area (Å²) in [7, 11) is -2.09. The number of aromatic nitrogens is 1. The molecule has 0 aliphatic carbocycles. The van der Waals surface area contributed by atoms with Crippen molar-refractivity contribution >= 4 is 37.5 Å². The van der Waals surface area contributed by atoms with Crippen molar-refractivity contribution in [2.45, 2.75) is 138 Å². The third-order valence-electron chi connectivity index (χ3n) is 9.03. The average molecular weight is 590 g/mol. The SMILES string of the molecule is CC1=CC[C@@H](C(C)=Cc2csc(C)n2)OC(=O)CCC(C)(C)C(=O)[C@H](C)[C@@H](O[Si](C)(C)C(C)(C)C)[C@@H](C)CCC1. The molecule has 0 amide bonds. The molecule has 0 bridgehead atoms. The van der Waals surface area contributed by atoms with Gasteiger partial charge in [-0.05, 0) is 82.2 Å². The Labute approximate surface area is 249 Å². The van der Waals surface area contributed by atoms with E-state index in [2.05, 4.69) is 58.8 Å². The Kier molecular flexibility index (Phi) is 12.2. The maximum Gasteiger partial charge on any atom is 0.306 e. The monoisotopic (exact) mass is 589 g/mol. The summed E-state index contributed by atoms with van der Waals surface area (Å²) in [5.74, 6) is -0.0832. The Bertz CT molecular complexity index is 1080. The van der Waals surface area contributed by atoms with Gasteiger partial charge in [0.25, 0.3) is 0 Å². The number of aryl methyl sites for hydroxylation is 1. The summed E-state index contributed by atoms with van der Waals surface area (Å²) < 4.78 is 13.0. The van der Waals surface area contributed by atoms with Crippen LogP contribution in [0.2, 0.25) is 18.1 Å². The van der Waals surface area contributed by atoms with Gasteiger partial charge in [0, 0.05) is 29.6 Å². The molecule has 0 saturated heterocycles. The molecule has 1 aliphatic rings. The third kappa shape index (κ3) is 9.76. The fourth-order valence-electron chi connectivity index (χ4n) is 5.13. The van der Waals surface area contributed by atoms with Gasteiger partial charge in [-0.1, -0.05) is 60.1 Å². The number of carbonyl (C=O) groups is 2. The van der Waals surface area contributed by atoms with Crippen molar-refractivity contribution < 1.29 is 18.8 Å². The first-order valence-corrected chi connectivity index (χ1v) is 18.8. The molecule has 0 unspecified atom stereocenters. The summed E-state index contributed by atoms with van der Waals surface area (Å²) in [6, 6.07) is 0. The molecule has 40 heavy (non-hydrogen) atoms. The number of carbonyl (C=O) groups excluding carboxylic acids is 2. The smallest absolute Gasteiger partial charge is 0.306 e. The van der Waals surface area contributed by atoms with E-state index in [-0.39, 0.29) is 47.3 Å². The first-order valence-electron chi connectivity index (χ1n) is 15.0. The predicted molar refractivity (Wildman–Crippen MR) is 171 cm³/mol. The molecule has 0 aromatic carbocycles. The highest BCUT2D eigenvalue weighted by Crippen LogP contribution is 2.41. The number of hydrogen-bond acceptors (Lipinski definition) is 6. The van der Waals surface area contributed by atoms with Crippen LogP contribution in [0.15, 0.2) is 22.6 Å². The van der Waals surface area contributed by atoms with Crippen LogP contribution in [0, 0.1) is 24.2 Å². The maximum absolute atomic E-state index is 13.9. The summed E-state index contributed by atoms with van der Waals surface area (Å²) in [6.45, 7) is 25.7. The number of hydrogen-bond donors (Lipinski definition) is 0. The largest absolute Gasteiger partial charge is 0.457 e. The molecule has 0 spiro atoms. The minimum atomic E-state index is -2.09. The number of cyclic esters (lactones) is 1. The quantitative estimate of drug-likeness (QED) is 0.199. The molecule has 4 atom stereocenters. The molecule has 0 radical (unpaired) electrons. The fraction of sp³-hybridized carbons (Fsp3) is 0.727. The number of thiazole rings is 1. The van der Waals surface area contributed by atoms with Crippen LogP contribution in [0.25, 0.3) is 6.08 Å². The highest BCUT2D eigenvalue weighted by molar-refractivity contribution is 7.09. The van der Waals surface area contributed by atoms with Gasteiger partial charge in [0.1, 0.15) is 11.9 Å². The third-order valence-corrected chi connectivity index (χ3v) is 14.3. The van der Waals surface area contributed by atoms with E-state index < -0.39 is 13.7 Å². The van der Waals surface area contributed by atoms with Crippen molar-refractivity contribution in [3.8, 4) is 0 Å².